The molecule has 1 aromatic heterocycles. The largest absolute Gasteiger partial charge is 0.491 e. The molecule has 3 rings (SSSR count). The number of nitrogens with zero attached hydrogens (tertiary/aromatic N) is 2. The van der Waals surface area contributed by atoms with Gasteiger partial charge in [-0.1, -0.05) is 58.8 Å². The molecule has 1 aliphatic heterocycles. The second-order valence-electron chi connectivity index (χ2n) is 10.7. The second kappa shape index (κ2) is 14.7. The number of H-pyrrole nitrogens is 1. The average molecular weight is 472 g/mol. The Morgan fingerprint density at radius 2 is 1.74 bits per heavy atom. The molecular weight excluding hydrogens is 422 g/mol. The highest BCUT2D eigenvalue weighted by molar-refractivity contribution is 5.83. The van der Waals surface area contributed by atoms with Crippen molar-refractivity contribution in [2.45, 2.75) is 104 Å². The Bertz CT molecular complexity index is 813. The first kappa shape index (κ1) is 27.0. The van der Waals surface area contributed by atoms with Gasteiger partial charge in [0.1, 0.15) is 5.75 Å². The topological polar surface area (TPSA) is 50.4 Å². The van der Waals surface area contributed by atoms with Gasteiger partial charge in [-0.2, -0.15) is 5.10 Å². The van der Waals surface area contributed by atoms with Crippen LogP contribution >= 0.6 is 0 Å². The first-order valence-corrected chi connectivity index (χ1v) is 14.0. The van der Waals surface area contributed by atoms with Crippen molar-refractivity contribution in [1.29, 1.82) is 0 Å². The van der Waals surface area contributed by atoms with Crippen LogP contribution in [0.1, 0.15) is 104 Å². The summed E-state index contributed by atoms with van der Waals surface area (Å²) in [6, 6.07) is 6.34. The van der Waals surface area contributed by atoms with Crippen LogP contribution in [-0.2, 0) is 4.74 Å². The molecule has 192 valence electrons. The summed E-state index contributed by atoms with van der Waals surface area (Å²) >= 11 is 0. The van der Waals surface area contributed by atoms with E-state index in [1.54, 1.807) is 0 Å². The number of hydrogen-bond donors (Lipinski definition) is 1. The lowest BCUT2D eigenvalue weighted by atomic mass is 9.87. The number of rotatable bonds is 16. The summed E-state index contributed by atoms with van der Waals surface area (Å²) in [5.41, 5.74) is 2.37. The molecule has 0 amide bonds. The van der Waals surface area contributed by atoms with E-state index >= 15 is 0 Å². The van der Waals surface area contributed by atoms with Crippen molar-refractivity contribution >= 4 is 10.9 Å². The highest BCUT2D eigenvalue weighted by atomic mass is 16.5. The number of morpholine rings is 1. The smallest absolute Gasteiger partial charge is 0.120 e. The monoisotopic (exact) mass is 471 g/mol. The van der Waals surface area contributed by atoms with Crippen LogP contribution in [0.5, 0.6) is 5.75 Å². The van der Waals surface area contributed by atoms with E-state index in [9.17, 15) is 0 Å². The van der Waals surface area contributed by atoms with Gasteiger partial charge in [-0.15, -0.1) is 0 Å². The predicted molar refractivity (Wildman–Crippen MR) is 143 cm³/mol. The molecule has 0 saturated carbocycles. The molecule has 0 aliphatic carbocycles. The third-order valence-electron chi connectivity index (χ3n) is 7.29. The number of benzene rings is 1. The zero-order valence-electron chi connectivity index (χ0n) is 22.3. The van der Waals surface area contributed by atoms with Crippen LogP contribution in [0.3, 0.4) is 0 Å². The van der Waals surface area contributed by atoms with Crippen LogP contribution in [0.4, 0.5) is 0 Å². The Morgan fingerprint density at radius 3 is 2.50 bits per heavy atom. The van der Waals surface area contributed by atoms with Crippen molar-refractivity contribution in [3.8, 4) is 5.75 Å². The lowest BCUT2D eigenvalue weighted by Crippen LogP contribution is -2.37. The maximum absolute atomic E-state index is 6.00. The van der Waals surface area contributed by atoms with Crippen LogP contribution in [0.25, 0.3) is 10.9 Å². The maximum Gasteiger partial charge on any atom is 0.120 e. The van der Waals surface area contributed by atoms with Crippen molar-refractivity contribution in [1.82, 2.24) is 15.1 Å². The number of fused-ring (bicyclic) bond motifs is 1. The Balaban J connectivity index is 1.61. The van der Waals surface area contributed by atoms with Crippen molar-refractivity contribution in [3.05, 3.63) is 23.9 Å². The van der Waals surface area contributed by atoms with E-state index in [0.717, 1.165) is 43.5 Å². The zero-order chi connectivity index (χ0) is 24.2. The van der Waals surface area contributed by atoms with Gasteiger partial charge in [0, 0.05) is 30.1 Å². The highest BCUT2D eigenvalue weighted by Gasteiger charge is 2.20. The number of aromatic amines is 1. The summed E-state index contributed by atoms with van der Waals surface area (Å²) in [7, 11) is 0. The molecule has 1 fully saturated rings. The molecule has 5 heteroatoms. The fourth-order valence-corrected chi connectivity index (χ4v) is 5.13. The number of nitrogens with one attached hydrogen (secondary N) is 1. The molecule has 2 unspecified atom stereocenters. The molecule has 0 spiro atoms. The van der Waals surface area contributed by atoms with Gasteiger partial charge in [-0.3, -0.25) is 10.00 Å². The summed E-state index contributed by atoms with van der Waals surface area (Å²) in [5.74, 6) is 2.22. The maximum atomic E-state index is 6.00. The first-order valence-electron chi connectivity index (χ1n) is 14.0. The molecule has 2 atom stereocenters. The van der Waals surface area contributed by atoms with Gasteiger partial charge in [0.2, 0.25) is 0 Å². The molecule has 2 heterocycles. The third-order valence-corrected chi connectivity index (χ3v) is 7.29. The number of aromatic nitrogens is 2. The Kier molecular flexibility index (Phi) is 11.7. The van der Waals surface area contributed by atoms with Crippen LogP contribution in [0.2, 0.25) is 0 Å². The van der Waals surface area contributed by atoms with Crippen LogP contribution in [-0.4, -0.2) is 54.0 Å². The van der Waals surface area contributed by atoms with Crippen LogP contribution < -0.4 is 4.74 Å². The number of hydrogen-bond acceptors (Lipinski definition) is 4. The molecule has 0 bridgehead atoms. The zero-order valence-corrected chi connectivity index (χ0v) is 22.3. The normalized spacial score (nSPS) is 16.9. The van der Waals surface area contributed by atoms with E-state index < -0.39 is 0 Å². The third kappa shape index (κ3) is 8.88. The summed E-state index contributed by atoms with van der Waals surface area (Å²) < 4.78 is 11.5. The minimum Gasteiger partial charge on any atom is -0.491 e. The van der Waals surface area contributed by atoms with E-state index in [-0.39, 0.29) is 6.10 Å². The minimum absolute atomic E-state index is 0.180. The lowest BCUT2D eigenvalue weighted by molar-refractivity contribution is 0.0355. The second-order valence-corrected chi connectivity index (χ2v) is 10.7. The lowest BCUT2D eigenvalue weighted by Gasteiger charge is -2.28. The van der Waals surface area contributed by atoms with E-state index in [0.29, 0.717) is 5.92 Å². The summed E-state index contributed by atoms with van der Waals surface area (Å²) in [6.07, 6.45) is 13.3. The van der Waals surface area contributed by atoms with E-state index in [4.69, 9.17) is 9.47 Å². The van der Waals surface area contributed by atoms with Crippen molar-refractivity contribution in [2.24, 2.45) is 5.92 Å². The summed E-state index contributed by atoms with van der Waals surface area (Å²) in [6.45, 7) is 14.1. The summed E-state index contributed by atoms with van der Waals surface area (Å²) in [5, 5.41) is 9.33. The van der Waals surface area contributed by atoms with E-state index in [1.165, 1.54) is 81.8 Å². The average Bonchev–Trinajstić information content (AvgIpc) is 3.25. The standard InChI is InChI=1S/C29H49N3O2/c1-5-6-7-8-9-10-11-25(13-12-24(4)16-17-32-18-20-33-21-19-32)29-27-22-26(34-23(2)3)14-15-28(27)30-31-29/h14-15,22-25H,5-13,16-21H2,1-4H3,(H,30,31). The Labute approximate surface area is 208 Å². The van der Waals surface area contributed by atoms with Gasteiger partial charge < -0.3 is 9.47 Å². The molecule has 34 heavy (non-hydrogen) atoms. The SMILES string of the molecule is CCCCCCCCC(CCC(C)CCN1CCOCC1)c1[nH]nc2ccc(OC(C)C)cc12. The quantitative estimate of drug-likeness (QED) is 0.261. The van der Waals surface area contributed by atoms with Crippen molar-refractivity contribution < 1.29 is 9.47 Å². The van der Waals surface area contributed by atoms with Crippen molar-refractivity contribution in [2.75, 3.05) is 32.8 Å². The number of ether oxygens (including phenoxy) is 2. The fourth-order valence-electron chi connectivity index (χ4n) is 5.13. The predicted octanol–water partition coefficient (Wildman–Crippen LogP) is 7.32. The molecule has 1 saturated heterocycles. The Morgan fingerprint density at radius 1 is 0.971 bits per heavy atom. The van der Waals surface area contributed by atoms with Gasteiger partial charge in [0.15, 0.2) is 0 Å². The number of unbranched alkanes of at least 4 members (excludes halogenated alkanes) is 5. The Hall–Kier alpha value is -1.59. The molecule has 1 aliphatic rings. The fraction of sp³-hybridized carbons (Fsp3) is 0.759. The van der Waals surface area contributed by atoms with Gasteiger partial charge in [-0.25, -0.2) is 0 Å². The van der Waals surface area contributed by atoms with Gasteiger partial charge in [-0.05, 0) is 63.8 Å². The van der Waals surface area contributed by atoms with Crippen LogP contribution in [0, 0.1) is 5.92 Å². The molecule has 0 radical (unpaired) electrons. The van der Waals surface area contributed by atoms with Gasteiger partial charge >= 0.3 is 0 Å². The van der Waals surface area contributed by atoms with Crippen LogP contribution in [0.15, 0.2) is 18.2 Å². The summed E-state index contributed by atoms with van der Waals surface area (Å²) in [4.78, 5) is 2.56. The molecular formula is C29H49N3O2. The van der Waals surface area contributed by atoms with E-state index in [1.807, 2.05) is 6.07 Å². The van der Waals surface area contributed by atoms with E-state index in [2.05, 4.69) is 54.9 Å². The van der Waals surface area contributed by atoms with Crippen molar-refractivity contribution in [3.63, 3.8) is 0 Å². The minimum atomic E-state index is 0.180. The molecule has 5 nitrogen and oxygen atoms in total. The molecule has 2 aromatic rings. The molecule has 1 aromatic carbocycles. The first-order chi connectivity index (χ1) is 16.6. The highest BCUT2D eigenvalue weighted by Crippen LogP contribution is 2.34. The van der Waals surface area contributed by atoms with Gasteiger partial charge in [0.25, 0.3) is 0 Å². The van der Waals surface area contributed by atoms with Gasteiger partial charge in [0.05, 0.1) is 24.8 Å². The molecule has 1 N–H and O–H groups in total.